The van der Waals surface area contributed by atoms with Gasteiger partial charge in [-0.25, -0.2) is 0 Å². The SMILES string of the molecule is C=C(OC)OS(C)(C)C(C)(C)C. The number of hydrogen-bond donors (Lipinski definition) is 0. The van der Waals surface area contributed by atoms with Gasteiger partial charge in [0.2, 0.25) is 0 Å². The molecule has 0 rings (SSSR count). The van der Waals surface area contributed by atoms with Crippen LogP contribution < -0.4 is 0 Å². The van der Waals surface area contributed by atoms with Gasteiger partial charge in [-0.3, -0.25) is 0 Å². The zero-order valence-electron chi connectivity index (χ0n) is 8.93. The van der Waals surface area contributed by atoms with Crippen LogP contribution >= 0.6 is 10.3 Å². The molecule has 0 aromatic heterocycles. The van der Waals surface area contributed by atoms with Gasteiger partial charge in [0.1, 0.15) is 0 Å². The summed E-state index contributed by atoms with van der Waals surface area (Å²) in [7, 11) is 0.436. The summed E-state index contributed by atoms with van der Waals surface area (Å²) in [4.78, 5) is 0. The van der Waals surface area contributed by atoms with Crippen LogP contribution in [0.15, 0.2) is 12.5 Å². The molecule has 0 heterocycles. The number of hydrogen-bond acceptors (Lipinski definition) is 2. The van der Waals surface area contributed by atoms with Gasteiger partial charge >= 0.3 is 0 Å². The summed E-state index contributed by atoms with van der Waals surface area (Å²) in [5, 5.41) is 0. The molecule has 0 N–H and O–H groups in total. The van der Waals surface area contributed by atoms with Crippen LogP contribution in [0.1, 0.15) is 20.8 Å². The molecule has 0 atom stereocenters. The van der Waals surface area contributed by atoms with Crippen molar-refractivity contribution in [2.24, 2.45) is 0 Å². The Kier molecular flexibility index (Phi) is 3.51. The second-order valence-electron chi connectivity index (χ2n) is 4.01. The molecule has 0 radical (unpaired) electrons. The molecule has 0 saturated carbocycles. The maximum Gasteiger partial charge on any atom is 0.282 e. The Bertz CT molecular complexity index is 168. The van der Waals surface area contributed by atoms with Gasteiger partial charge in [-0.05, 0) is 39.9 Å². The smallest absolute Gasteiger partial charge is 0.282 e. The molecule has 0 bridgehead atoms. The third kappa shape index (κ3) is 2.97. The maximum absolute atomic E-state index is 5.62. The van der Waals surface area contributed by atoms with E-state index in [1.54, 1.807) is 7.11 Å². The van der Waals surface area contributed by atoms with E-state index in [1.807, 2.05) is 0 Å². The highest BCUT2D eigenvalue weighted by atomic mass is 32.3. The van der Waals surface area contributed by atoms with Gasteiger partial charge < -0.3 is 8.92 Å². The molecule has 0 amide bonds. The molecule has 0 aliphatic heterocycles. The fraction of sp³-hybridized carbons (Fsp3) is 0.778. The van der Waals surface area contributed by atoms with Crippen molar-refractivity contribution in [3.8, 4) is 0 Å². The molecular formula is C9H20O2S. The Labute approximate surface area is 77.5 Å². The van der Waals surface area contributed by atoms with E-state index in [0.717, 1.165) is 0 Å². The summed E-state index contributed by atoms with van der Waals surface area (Å²) in [6.07, 6.45) is 4.22. The first kappa shape index (κ1) is 11.7. The topological polar surface area (TPSA) is 18.5 Å². The molecule has 0 aromatic rings. The van der Waals surface area contributed by atoms with Gasteiger partial charge in [0.15, 0.2) is 0 Å². The average molecular weight is 192 g/mol. The van der Waals surface area contributed by atoms with Crippen molar-refractivity contribution in [3.05, 3.63) is 12.5 Å². The molecule has 0 aliphatic carbocycles. The maximum atomic E-state index is 5.62. The van der Waals surface area contributed by atoms with E-state index in [2.05, 4.69) is 39.9 Å². The van der Waals surface area contributed by atoms with Crippen molar-refractivity contribution >= 4 is 10.3 Å². The highest BCUT2D eigenvalue weighted by molar-refractivity contribution is 8.29. The molecule has 0 fully saturated rings. The Morgan fingerprint density at radius 1 is 1.25 bits per heavy atom. The normalized spacial score (nSPS) is 13.8. The van der Waals surface area contributed by atoms with Crippen LogP contribution in [0.5, 0.6) is 0 Å². The van der Waals surface area contributed by atoms with Crippen molar-refractivity contribution in [1.82, 2.24) is 0 Å². The molecule has 2 nitrogen and oxygen atoms in total. The Balaban J connectivity index is 4.33. The van der Waals surface area contributed by atoms with Crippen LogP contribution in [0.2, 0.25) is 0 Å². The fourth-order valence-corrected chi connectivity index (χ4v) is 1.17. The summed E-state index contributed by atoms with van der Waals surface area (Å²) in [5.74, 6) is 0.407. The van der Waals surface area contributed by atoms with Crippen molar-refractivity contribution in [2.75, 3.05) is 19.6 Å². The van der Waals surface area contributed by atoms with Crippen molar-refractivity contribution in [1.29, 1.82) is 0 Å². The first-order valence-corrected chi connectivity index (χ1v) is 6.23. The van der Waals surface area contributed by atoms with Crippen molar-refractivity contribution < 1.29 is 8.92 Å². The summed E-state index contributed by atoms with van der Waals surface area (Å²) >= 11 is 0. The van der Waals surface area contributed by atoms with Crippen LogP contribution in [0.25, 0.3) is 0 Å². The van der Waals surface area contributed by atoms with Gasteiger partial charge in [0.05, 0.1) is 7.11 Å². The average Bonchev–Trinajstić information content (AvgIpc) is 1.84. The quantitative estimate of drug-likeness (QED) is 0.640. The van der Waals surface area contributed by atoms with E-state index in [0.29, 0.717) is 5.95 Å². The van der Waals surface area contributed by atoms with E-state index in [-0.39, 0.29) is 4.75 Å². The van der Waals surface area contributed by atoms with Crippen LogP contribution in [-0.2, 0) is 8.92 Å². The minimum absolute atomic E-state index is 0.147. The lowest BCUT2D eigenvalue weighted by Crippen LogP contribution is -2.25. The van der Waals surface area contributed by atoms with Crippen molar-refractivity contribution in [3.63, 3.8) is 0 Å². The van der Waals surface area contributed by atoms with E-state index >= 15 is 0 Å². The monoisotopic (exact) mass is 192 g/mol. The van der Waals surface area contributed by atoms with Crippen molar-refractivity contribution in [2.45, 2.75) is 25.5 Å². The van der Waals surface area contributed by atoms with Gasteiger partial charge in [-0.2, -0.15) is 0 Å². The second kappa shape index (κ2) is 3.60. The fourth-order valence-electron chi connectivity index (χ4n) is 0.391. The molecule has 0 aromatic carbocycles. The van der Waals surface area contributed by atoms with Gasteiger partial charge in [0, 0.05) is 4.75 Å². The van der Waals surface area contributed by atoms with Gasteiger partial charge in [-0.15, -0.1) is 0 Å². The molecule has 0 aliphatic rings. The van der Waals surface area contributed by atoms with Crippen LogP contribution in [0.4, 0.5) is 0 Å². The molecule has 0 unspecified atom stereocenters. The molecule has 12 heavy (non-hydrogen) atoms. The summed E-state index contributed by atoms with van der Waals surface area (Å²) in [5.41, 5.74) is 0. The van der Waals surface area contributed by atoms with E-state index < -0.39 is 10.3 Å². The highest BCUT2D eigenvalue weighted by Gasteiger charge is 2.30. The van der Waals surface area contributed by atoms with Gasteiger partial charge in [0.25, 0.3) is 5.95 Å². The third-order valence-corrected chi connectivity index (χ3v) is 5.56. The minimum Gasteiger partial charge on any atom is -0.469 e. The zero-order chi connectivity index (χ0) is 9.99. The summed E-state index contributed by atoms with van der Waals surface area (Å²) < 4.78 is 10.7. The molecule has 0 spiro atoms. The Morgan fingerprint density at radius 2 is 1.67 bits per heavy atom. The van der Waals surface area contributed by atoms with E-state index in [9.17, 15) is 0 Å². The largest absolute Gasteiger partial charge is 0.469 e. The third-order valence-electron chi connectivity index (χ3n) is 2.00. The van der Waals surface area contributed by atoms with Crippen LogP contribution in [0, 0.1) is 0 Å². The molecule has 0 saturated heterocycles. The minimum atomic E-state index is -1.13. The lowest BCUT2D eigenvalue weighted by Gasteiger charge is -2.43. The molecular weight excluding hydrogens is 172 g/mol. The second-order valence-corrected chi connectivity index (χ2v) is 7.86. The Morgan fingerprint density at radius 3 is 1.92 bits per heavy atom. The first-order valence-electron chi connectivity index (χ1n) is 3.86. The summed E-state index contributed by atoms with van der Waals surface area (Å²) in [6.45, 7) is 10.1. The molecule has 74 valence electrons. The molecule has 3 heteroatoms. The van der Waals surface area contributed by atoms with Crippen LogP contribution in [0.3, 0.4) is 0 Å². The zero-order valence-corrected chi connectivity index (χ0v) is 9.75. The predicted molar refractivity (Wildman–Crippen MR) is 56.4 cm³/mol. The lowest BCUT2D eigenvalue weighted by atomic mass is 10.3. The summed E-state index contributed by atoms with van der Waals surface area (Å²) in [6, 6.07) is 0. The standard InChI is InChI=1S/C9H20O2S/c1-8(10-5)11-12(6,7)9(2,3)4/h1H2,2-7H3. The lowest BCUT2D eigenvalue weighted by molar-refractivity contribution is 0.165. The highest BCUT2D eigenvalue weighted by Crippen LogP contribution is 2.54. The number of methoxy groups -OCH3 is 1. The number of ether oxygens (including phenoxy) is 1. The van der Waals surface area contributed by atoms with Gasteiger partial charge in [-0.1, -0.05) is 10.3 Å². The first-order chi connectivity index (χ1) is 5.20. The van der Waals surface area contributed by atoms with Crippen LogP contribution in [-0.4, -0.2) is 24.4 Å². The van der Waals surface area contributed by atoms with E-state index in [4.69, 9.17) is 8.92 Å². The predicted octanol–water partition coefficient (Wildman–Crippen LogP) is 2.90. The van der Waals surface area contributed by atoms with E-state index in [1.165, 1.54) is 0 Å². The number of rotatable bonds is 3. The Hall–Kier alpha value is -0.310.